The Balaban J connectivity index is 0.903. The van der Waals surface area contributed by atoms with Crippen molar-refractivity contribution in [2.24, 2.45) is 0 Å². The number of benzene rings is 12. The van der Waals surface area contributed by atoms with Gasteiger partial charge < -0.3 is 9.47 Å². The molecule has 0 spiro atoms. The highest BCUT2D eigenvalue weighted by atomic mass is 15.1. The topological polar surface area (TPSA) is 8.17 Å². The molecule has 0 aliphatic carbocycles. The summed E-state index contributed by atoms with van der Waals surface area (Å²) in [6.07, 6.45) is 0. The third-order valence-electron chi connectivity index (χ3n) is 13.8. The second-order valence-corrected chi connectivity index (χ2v) is 17.7. The normalized spacial score (nSPS) is 11.5. The minimum absolute atomic E-state index is 1.09. The zero-order valence-electron chi connectivity index (χ0n) is 37.3. The van der Waals surface area contributed by atoms with Gasteiger partial charge in [-0.1, -0.05) is 200 Å². The molecule has 0 radical (unpaired) electrons. The number of para-hydroxylation sites is 2. The Labute approximate surface area is 395 Å². The molecule has 2 heteroatoms. The van der Waals surface area contributed by atoms with E-state index >= 15 is 0 Å². The van der Waals surface area contributed by atoms with Gasteiger partial charge in [0, 0.05) is 33.5 Å². The fraction of sp³-hybridized carbons (Fsp3) is 0. The molecule has 12 aromatic carbocycles. The van der Waals surface area contributed by atoms with Crippen LogP contribution < -0.4 is 4.90 Å². The molecule has 13 rings (SSSR count). The van der Waals surface area contributed by atoms with Gasteiger partial charge >= 0.3 is 0 Å². The van der Waals surface area contributed by atoms with Crippen LogP contribution in [-0.2, 0) is 0 Å². The first-order valence-electron chi connectivity index (χ1n) is 23.4. The molecule has 1 aromatic heterocycles. The van der Waals surface area contributed by atoms with Crippen molar-refractivity contribution in [1.29, 1.82) is 0 Å². The fourth-order valence-electron chi connectivity index (χ4n) is 10.6. The van der Waals surface area contributed by atoms with Crippen molar-refractivity contribution in [3.05, 3.63) is 267 Å². The van der Waals surface area contributed by atoms with Crippen LogP contribution in [0, 0.1) is 0 Å². The number of anilines is 3. The lowest BCUT2D eigenvalue weighted by molar-refractivity contribution is 1.18. The fourth-order valence-corrected chi connectivity index (χ4v) is 10.6. The van der Waals surface area contributed by atoms with Crippen LogP contribution in [0.25, 0.3) is 104 Å². The van der Waals surface area contributed by atoms with Crippen LogP contribution in [0.5, 0.6) is 0 Å². The van der Waals surface area contributed by atoms with E-state index in [-0.39, 0.29) is 0 Å². The maximum Gasteiger partial charge on any atom is 0.0547 e. The first kappa shape index (κ1) is 39.4. The number of hydrogen-bond acceptors (Lipinski definition) is 1. The summed E-state index contributed by atoms with van der Waals surface area (Å²) in [5.74, 6) is 0. The number of rotatable bonds is 8. The first-order valence-corrected chi connectivity index (χ1v) is 23.4. The average molecular weight is 865 g/mol. The zero-order chi connectivity index (χ0) is 45.0. The highest BCUT2D eigenvalue weighted by molar-refractivity contribution is 6.16. The third kappa shape index (κ3) is 6.73. The summed E-state index contributed by atoms with van der Waals surface area (Å²) in [7, 11) is 0. The van der Waals surface area contributed by atoms with Crippen LogP contribution >= 0.6 is 0 Å². The highest BCUT2D eigenvalue weighted by Crippen LogP contribution is 2.42. The first-order chi connectivity index (χ1) is 33.7. The molecule has 0 fully saturated rings. The molecule has 1 heterocycles. The van der Waals surface area contributed by atoms with Crippen LogP contribution in [0.2, 0.25) is 0 Å². The van der Waals surface area contributed by atoms with Gasteiger partial charge in [0.15, 0.2) is 0 Å². The largest absolute Gasteiger partial charge is 0.311 e. The van der Waals surface area contributed by atoms with Crippen molar-refractivity contribution in [2.45, 2.75) is 0 Å². The van der Waals surface area contributed by atoms with E-state index in [1.54, 1.807) is 0 Å². The van der Waals surface area contributed by atoms with Gasteiger partial charge in [-0.2, -0.15) is 0 Å². The van der Waals surface area contributed by atoms with E-state index in [1.807, 2.05) is 0 Å². The molecule has 0 atom stereocenters. The zero-order valence-corrected chi connectivity index (χ0v) is 37.3. The second-order valence-electron chi connectivity index (χ2n) is 17.7. The van der Waals surface area contributed by atoms with Gasteiger partial charge in [0.2, 0.25) is 0 Å². The van der Waals surface area contributed by atoms with Crippen LogP contribution in [-0.4, -0.2) is 4.57 Å². The minimum Gasteiger partial charge on any atom is -0.311 e. The van der Waals surface area contributed by atoms with E-state index in [1.165, 1.54) is 98.6 Å². The van der Waals surface area contributed by atoms with Crippen molar-refractivity contribution in [2.75, 3.05) is 4.90 Å². The number of hydrogen-bond donors (Lipinski definition) is 0. The molecule has 0 aliphatic rings. The van der Waals surface area contributed by atoms with Gasteiger partial charge in [0.25, 0.3) is 0 Å². The molecule has 0 N–H and O–H groups in total. The maximum absolute atomic E-state index is 2.39. The van der Waals surface area contributed by atoms with Crippen molar-refractivity contribution < 1.29 is 0 Å². The number of fused-ring (bicyclic) bond motifs is 7. The van der Waals surface area contributed by atoms with Crippen molar-refractivity contribution >= 4 is 71.2 Å². The molecule has 0 saturated heterocycles. The van der Waals surface area contributed by atoms with Crippen LogP contribution in [0.3, 0.4) is 0 Å². The Bertz CT molecular complexity index is 3990. The molecule has 318 valence electrons. The average Bonchev–Trinajstić information content (AvgIpc) is 3.76. The number of aromatic nitrogens is 1. The maximum atomic E-state index is 2.39. The van der Waals surface area contributed by atoms with Gasteiger partial charge in [-0.05, 0) is 144 Å². The van der Waals surface area contributed by atoms with Gasteiger partial charge in [0.05, 0.1) is 11.0 Å². The van der Waals surface area contributed by atoms with E-state index in [4.69, 9.17) is 0 Å². The molecule has 2 nitrogen and oxygen atoms in total. The predicted octanol–water partition coefficient (Wildman–Crippen LogP) is 18.4. The summed E-state index contributed by atoms with van der Waals surface area (Å²) in [6.45, 7) is 0. The lowest BCUT2D eigenvalue weighted by Crippen LogP contribution is -2.09. The summed E-state index contributed by atoms with van der Waals surface area (Å²) >= 11 is 0. The minimum atomic E-state index is 1.09. The molecular formula is C66H44N2. The summed E-state index contributed by atoms with van der Waals surface area (Å²) in [5, 5.41) is 10.1. The Kier molecular flexibility index (Phi) is 9.54. The van der Waals surface area contributed by atoms with Crippen LogP contribution in [0.1, 0.15) is 0 Å². The van der Waals surface area contributed by atoms with Gasteiger partial charge in [-0.25, -0.2) is 0 Å². The van der Waals surface area contributed by atoms with Crippen molar-refractivity contribution in [1.82, 2.24) is 4.57 Å². The monoisotopic (exact) mass is 864 g/mol. The molecule has 0 amide bonds. The molecule has 13 aromatic rings. The molecule has 0 unspecified atom stereocenters. The van der Waals surface area contributed by atoms with E-state index in [0.717, 1.165) is 22.7 Å². The Morgan fingerprint density at radius 2 is 0.735 bits per heavy atom. The van der Waals surface area contributed by atoms with E-state index < -0.39 is 0 Å². The molecule has 68 heavy (non-hydrogen) atoms. The third-order valence-corrected chi connectivity index (χ3v) is 13.8. The van der Waals surface area contributed by atoms with Crippen molar-refractivity contribution in [3.8, 4) is 50.2 Å². The lowest BCUT2D eigenvalue weighted by atomic mass is 9.94. The highest BCUT2D eigenvalue weighted by Gasteiger charge is 2.18. The summed E-state index contributed by atoms with van der Waals surface area (Å²) in [6, 6.07) is 97.4. The van der Waals surface area contributed by atoms with Gasteiger partial charge in [-0.15, -0.1) is 0 Å². The van der Waals surface area contributed by atoms with Gasteiger partial charge in [-0.3, -0.25) is 0 Å². The molecule has 0 bridgehead atoms. The Morgan fingerprint density at radius 1 is 0.250 bits per heavy atom. The molecule has 0 aliphatic heterocycles. The summed E-state index contributed by atoms with van der Waals surface area (Å²) in [4.78, 5) is 2.38. The quantitative estimate of drug-likeness (QED) is 0.138. The van der Waals surface area contributed by atoms with Crippen LogP contribution in [0.4, 0.5) is 17.1 Å². The lowest BCUT2D eigenvalue weighted by Gasteiger charge is -2.26. The Hall–Kier alpha value is -8.98. The van der Waals surface area contributed by atoms with E-state index in [2.05, 4.69) is 276 Å². The van der Waals surface area contributed by atoms with E-state index in [0.29, 0.717) is 0 Å². The van der Waals surface area contributed by atoms with Crippen LogP contribution in [0.15, 0.2) is 267 Å². The standard InChI is InChI=1S/C66H44N2/c1-2-19-52(20-3-1)68-64-28-9-8-23-63(64)66-60(26-13-29-65(66)68)49-34-41-55(42-35-49)67(54-39-32-48(33-40-54)58-25-12-27-61-57-22-7-5-15-47(57)36-43-62(58)61)53-37-30-45(31-38-53)50-17-10-18-51(44-50)59-24-11-16-46-14-4-6-21-56(46)59/h1-44H. The SMILES string of the molecule is c1ccc(-n2c3ccccc3c3c(-c4ccc(N(c5ccc(-c6cccc(-c7cccc8ccccc78)c6)cc5)c5ccc(-c6cccc7c6ccc6ccccc67)cc5)cc4)cccc32)cc1. The summed E-state index contributed by atoms with van der Waals surface area (Å²) < 4.78 is 2.39. The smallest absolute Gasteiger partial charge is 0.0547 e. The Morgan fingerprint density at radius 3 is 1.47 bits per heavy atom. The van der Waals surface area contributed by atoms with Crippen molar-refractivity contribution in [3.63, 3.8) is 0 Å². The molecular weight excluding hydrogens is 821 g/mol. The molecule has 0 saturated carbocycles. The second kappa shape index (κ2) is 16.5. The predicted molar refractivity (Wildman–Crippen MR) is 290 cm³/mol. The summed E-state index contributed by atoms with van der Waals surface area (Å²) in [5.41, 5.74) is 16.5. The number of nitrogens with zero attached hydrogens (tertiary/aromatic N) is 2. The van der Waals surface area contributed by atoms with E-state index in [9.17, 15) is 0 Å². The van der Waals surface area contributed by atoms with Gasteiger partial charge in [0.1, 0.15) is 0 Å².